The summed E-state index contributed by atoms with van der Waals surface area (Å²) in [5, 5.41) is 3.56. The monoisotopic (exact) mass is 285 g/mol. The number of hydrogen-bond donors (Lipinski definition) is 1. The zero-order valence-corrected chi connectivity index (χ0v) is 11.3. The molecule has 0 aliphatic rings. The van der Waals surface area contributed by atoms with E-state index in [9.17, 15) is 4.79 Å². The lowest BCUT2D eigenvalue weighted by molar-refractivity contribution is 0.0952. The molecule has 0 radical (unpaired) electrons. The Morgan fingerprint density at radius 1 is 1.20 bits per heavy atom. The van der Waals surface area contributed by atoms with Crippen LogP contribution in [0.4, 0.5) is 0 Å². The average Bonchev–Trinajstić information content (AvgIpc) is 2.94. The number of pyridine rings is 1. The number of amides is 1. The SMILES string of the molecule is O=C(NCc1ccc(Cl)cc1)c1cccn2ccnc12. The molecule has 3 rings (SSSR count). The molecular weight excluding hydrogens is 274 g/mol. The van der Waals surface area contributed by atoms with Gasteiger partial charge in [-0.15, -0.1) is 0 Å². The summed E-state index contributed by atoms with van der Waals surface area (Å²) in [6, 6.07) is 11.0. The third-order valence-electron chi connectivity index (χ3n) is 3.03. The number of aromatic nitrogens is 2. The van der Waals surface area contributed by atoms with Gasteiger partial charge in [-0.1, -0.05) is 23.7 Å². The van der Waals surface area contributed by atoms with Gasteiger partial charge in [0.05, 0.1) is 5.56 Å². The van der Waals surface area contributed by atoms with Gasteiger partial charge in [0.15, 0.2) is 0 Å². The van der Waals surface area contributed by atoms with Crippen LogP contribution in [0.25, 0.3) is 5.65 Å². The quantitative estimate of drug-likeness (QED) is 0.804. The van der Waals surface area contributed by atoms with Crippen molar-refractivity contribution >= 4 is 23.2 Å². The summed E-state index contributed by atoms with van der Waals surface area (Å²) in [4.78, 5) is 16.4. The first-order chi connectivity index (χ1) is 9.74. The maximum Gasteiger partial charge on any atom is 0.255 e. The van der Waals surface area contributed by atoms with Gasteiger partial charge in [-0.05, 0) is 29.8 Å². The number of carbonyl (C=O) groups is 1. The molecule has 1 amide bonds. The molecule has 0 aliphatic carbocycles. The van der Waals surface area contributed by atoms with Gasteiger partial charge in [-0.2, -0.15) is 0 Å². The molecule has 0 fully saturated rings. The maximum absolute atomic E-state index is 12.2. The Labute approximate surface area is 121 Å². The van der Waals surface area contributed by atoms with Gasteiger partial charge in [0.25, 0.3) is 5.91 Å². The van der Waals surface area contributed by atoms with Crippen molar-refractivity contribution in [1.29, 1.82) is 0 Å². The summed E-state index contributed by atoms with van der Waals surface area (Å²) in [6.07, 6.45) is 5.34. The Morgan fingerprint density at radius 2 is 2.00 bits per heavy atom. The molecule has 5 heteroatoms. The lowest BCUT2D eigenvalue weighted by Crippen LogP contribution is -2.23. The topological polar surface area (TPSA) is 46.4 Å². The van der Waals surface area contributed by atoms with Crippen LogP contribution in [0, 0.1) is 0 Å². The van der Waals surface area contributed by atoms with Gasteiger partial charge in [-0.25, -0.2) is 4.98 Å². The second-order valence-corrected chi connectivity index (χ2v) is 4.83. The summed E-state index contributed by atoms with van der Waals surface area (Å²) in [5.74, 6) is -0.142. The van der Waals surface area contributed by atoms with Crippen LogP contribution in [-0.4, -0.2) is 15.3 Å². The molecule has 100 valence electrons. The summed E-state index contributed by atoms with van der Waals surface area (Å²) in [6.45, 7) is 0.456. The van der Waals surface area contributed by atoms with Gasteiger partial charge in [0, 0.05) is 30.2 Å². The molecule has 2 aromatic heterocycles. The van der Waals surface area contributed by atoms with Crippen molar-refractivity contribution in [3.63, 3.8) is 0 Å². The third kappa shape index (κ3) is 2.51. The second-order valence-electron chi connectivity index (χ2n) is 4.39. The van der Waals surface area contributed by atoms with Crippen molar-refractivity contribution in [3.8, 4) is 0 Å². The molecular formula is C15H12ClN3O. The van der Waals surface area contributed by atoms with Crippen LogP contribution in [0.3, 0.4) is 0 Å². The van der Waals surface area contributed by atoms with Crippen LogP contribution in [-0.2, 0) is 6.54 Å². The Kier molecular flexibility index (Phi) is 3.39. The summed E-state index contributed by atoms with van der Waals surface area (Å²) in [5.41, 5.74) is 2.21. The fraction of sp³-hybridized carbons (Fsp3) is 0.0667. The minimum atomic E-state index is -0.142. The fourth-order valence-corrected chi connectivity index (χ4v) is 2.13. The zero-order valence-electron chi connectivity index (χ0n) is 10.6. The van der Waals surface area contributed by atoms with Crippen molar-refractivity contribution < 1.29 is 4.79 Å². The predicted octanol–water partition coefficient (Wildman–Crippen LogP) is 2.92. The van der Waals surface area contributed by atoms with Gasteiger partial charge in [0.2, 0.25) is 0 Å². The molecule has 20 heavy (non-hydrogen) atoms. The normalized spacial score (nSPS) is 10.7. The summed E-state index contributed by atoms with van der Waals surface area (Å²) >= 11 is 5.82. The first-order valence-corrected chi connectivity index (χ1v) is 6.56. The Balaban J connectivity index is 1.76. The van der Waals surface area contributed by atoms with E-state index in [4.69, 9.17) is 11.6 Å². The standard InChI is InChI=1S/C15H12ClN3O/c16-12-5-3-11(4-6-12)10-18-15(20)13-2-1-8-19-9-7-17-14(13)19/h1-9H,10H2,(H,18,20). The molecule has 0 aliphatic heterocycles. The second kappa shape index (κ2) is 5.35. The van der Waals surface area contributed by atoms with Gasteiger partial charge >= 0.3 is 0 Å². The largest absolute Gasteiger partial charge is 0.348 e. The van der Waals surface area contributed by atoms with Gasteiger partial charge in [0.1, 0.15) is 5.65 Å². The van der Waals surface area contributed by atoms with Crippen molar-refractivity contribution in [2.75, 3.05) is 0 Å². The minimum absolute atomic E-state index is 0.142. The lowest BCUT2D eigenvalue weighted by Gasteiger charge is -2.06. The van der Waals surface area contributed by atoms with Crippen molar-refractivity contribution in [2.45, 2.75) is 6.54 Å². The number of nitrogens with one attached hydrogen (secondary N) is 1. The molecule has 0 saturated carbocycles. The van der Waals surface area contributed by atoms with Crippen LogP contribution in [0.5, 0.6) is 0 Å². The van der Waals surface area contributed by atoms with Crippen molar-refractivity contribution in [1.82, 2.24) is 14.7 Å². The van der Waals surface area contributed by atoms with E-state index in [1.54, 1.807) is 24.4 Å². The lowest BCUT2D eigenvalue weighted by atomic mass is 10.2. The van der Waals surface area contributed by atoms with Crippen LogP contribution < -0.4 is 5.32 Å². The molecule has 0 spiro atoms. The number of fused-ring (bicyclic) bond motifs is 1. The highest BCUT2D eigenvalue weighted by Gasteiger charge is 2.10. The van der Waals surface area contributed by atoms with E-state index in [1.165, 1.54) is 0 Å². The molecule has 1 aromatic carbocycles. The van der Waals surface area contributed by atoms with E-state index < -0.39 is 0 Å². The Morgan fingerprint density at radius 3 is 2.80 bits per heavy atom. The van der Waals surface area contributed by atoms with Crippen molar-refractivity contribution in [2.24, 2.45) is 0 Å². The molecule has 2 heterocycles. The molecule has 1 N–H and O–H groups in total. The minimum Gasteiger partial charge on any atom is -0.348 e. The smallest absolute Gasteiger partial charge is 0.255 e. The number of carbonyl (C=O) groups excluding carboxylic acids is 1. The summed E-state index contributed by atoms with van der Waals surface area (Å²) < 4.78 is 1.82. The molecule has 0 saturated heterocycles. The third-order valence-corrected chi connectivity index (χ3v) is 3.28. The van der Waals surface area contributed by atoms with E-state index in [-0.39, 0.29) is 5.91 Å². The summed E-state index contributed by atoms with van der Waals surface area (Å²) in [7, 11) is 0. The number of hydrogen-bond acceptors (Lipinski definition) is 2. The van der Waals surface area contributed by atoms with E-state index in [0.717, 1.165) is 5.56 Å². The van der Waals surface area contributed by atoms with Crippen molar-refractivity contribution in [3.05, 3.63) is 71.1 Å². The molecule has 4 nitrogen and oxygen atoms in total. The Hall–Kier alpha value is -2.33. The zero-order chi connectivity index (χ0) is 13.9. The number of benzene rings is 1. The van der Waals surface area contributed by atoms with Gasteiger partial charge in [-0.3, -0.25) is 4.79 Å². The molecule has 3 aromatic rings. The Bertz CT molecular complexity index is 749. The van der Waals surface area contributed by atoms with Crippen LogP contribution in [0.15, 0.2) is 55.0 Å². The number of nitrogens with zero attached hydrogens (tertiary/aromatic N) is 2. The first-order valence-electron chi connectivity index (χ1n) is 6.18. The first kappa shape index (κ1) is 12.7. The maximum atomic E-state index is 12.2. The van der Waals surface area contributed by atoms with E-state index in [0.29, 0.717) is 22.8 Å². The number of halogens is 1. The number of rotatable bonds is 3. The van der Waals surface area contributed by atoms with E-state index in [2.05, 4.69) is 10.3 Å². The number of imidazole rings is 1. The highest BCUT2D eigenvalue weighted by molar-refractivity contribution is 6.30. The van der Waals surface area contributed by atoms with Gasteiger partial charge < -0.3 is 9.72 Å². The van der Waals surface area contributed by atoms with Crippen LogP contribution in [0.1, 0.15) is 15.9 Å². The van der Waals surface area contributed by atoms with Crippen LogP contribution >= 0.6 is 11.6 Å². The highest BCUT2D eigenvalue weighted by atomic mass is 35.5. The average molecular weight is 286 g/mol. The molecule has 0 bridgehead atoms. The van der Waals surface area contributed by atoms with Crippen LogP contribution in [0.2, 0.25) is 5.02 Å². The molecule has 0 atom stereocenters. The highest BCUT2D eigenvalue weighted by Crippen LogP contribution is 2.11. The molecule has 0 unspecified atom stereocenters. The van der Waals surface area contributed by atoms with E-state index in [1.807, 2.05) is 35.0 Å². The fourth-order valence-electron chi connectivity index (χ4n) is 2.01. The predicted molar refractivity (Wildman–Crippen MR) is 77.8 cm³/mol. The van der Waals surface area contributed by atoms with E-state index >= 15 is 0 Å².